The molecule has 5 rings (SSSR count). The van der Waals surface area contributed by atoms with Crippen molar-refractivity contribution in [2.24, 2.45) is 5.41 Å². The predicted octanol–water partition coefficient (Wildman–Crippen LogP) is 4.98. The molecule has 7 heteroatoms. The zero-order valence-corrected chi connectivity index (χ0v) is 19.4. The molecular weight excluding hydrogens is 453 g/mol. The number of amides is 1. The Labute approximate surface area is 202 Å². The fraction of sp³-hybridized carbons (Fsp3) is 0.393. The molecule has 2 heterocycles. The van der Waals surface area contributed by atoms with Crippen molar-refractivity contribution in [3.8, 4) is 0 Å². The summed E-state index contributed by atoms with van der Waals surface area (Å²) in [5.74, 6) is -1.06. The van der Waals surface area contributed by atoms with Gasteiger partial charge in [-0.1, -0.05) is 72.8 Å². The summed E-state index contributed by atoms with van der Waals surface area (Å²) < 4.78 is 43.3. The third-order valence-electron chi connectivity index (χ3n) is 8.03. The minimum absolute atomic E-state index is 0.0842. The predicted molar refractivity (Wildman–Crippen MR) is 129 cm³/mol. The molecule has 0 radical (unpaired) electrons. The Balaban J connectivity index is 1.45. The minimum atomic E-state index is -5.16. The SMILES string of the molecule is O=C(N1CCC2(CCNC[C@H]2c2ccccc2)CC1)C(O)(c1cccc2ccccc12)C(F)(F)F. The van der Waals surface area contributed by atoms with Gasteiger partial charge in [-0.25, -0.2) is 0 Å². The van der Waals surface area contributed by atoms with Crippen LogP contribution in [-0.4, -0.2) is 48.3 Å². The Bertz CT molecular complexity index is 1200. The number of rotatable bonds is 3. The summed E-state index contributed by atoms with van der Waals surface area (Å²) in [6.07, 6.45) is -3.06. The first-order chi connectivity index (χ1) is 16.8. The van der Waals surface area contributed by atoms with Gasteiger partial charge in [-0.2, -0.15) is 13.2 Å². The lowest BCUT2D eigenvalue weighted by Crippen LogP contribution is -2.59. The van der Waals surface area contributed by atoms with Gasteiger partial charge in [0.1, 0.15) is 0 Å². The van der Waals surface area contributed by atoms with Crippen LogP contribution in [-0.2, 0) is 10.4 Å². The van der Waals surface area contributed by atoms with E-state index in [0.29, 0.717) is 18.2 Å². The van der Waals surface area contributed by atoms with Crippen molar-refractivity contribution in [3.63, 3.8) is 0 Å². The van der Waals surface area contributed by atoms with Crippen molar-refractivity contribution in [2.45, 2.75) is 37.0 Å². The zero-order valence-electron chi connectivity index (χ0n) is 19.4. The number of fused-ring (bicyclic) bond motifs is 1. The first-order valence-corrected chi connectivity index (χ1v) is 12.1. The number of benzene rings is 3. The normalized spacial score (nSPS) is 22.2. The van der Waals surface area contributed by atoms with Gasteiger partial charge in [0.05, 0.1) is 0 Å². The molecule has 1 amide bonds. The summed E-state index contributed by atoms with van der Waals surface area (Å²) in [6, 6.07) is 21.0. The average molecular weight is 483 g/mol. The van der Waals surface area contributed by atoms with Crippen LogP contribution in [0, 0.1) is 5.41 Å². The van der Waals surface area contributed by atoms with Crippen LogP contribution in [0.25, 0.3) is 10.8 Å². The summed E-state index contributed by atoms with van der Waals surface area (Å²) in [4.78, 5) is 14.7. The number of nitrogens with one attached hydrogen (secondary N) is 1. The molecule has 35 heavy (non-hydrogen) atoms. The lowest BCUT2D eigenvalue weighted by molar-refractivity contribution is -0.262. The van der Waals surface area contributed by atoms with E-state index >= 15 is 0 Å². The first-order valence-electron chi connectivity index (χ1n) is 12.1. The standard InChI is InChI=1S/C28H29F3N2O2/c29-28(30,31)27(35,23-12-6-10-20-7-4-5-11-22(20)23)25(34)33-17-14-26(15-18-33)13-16-32-19-24(26)21-8-2-1-3-9-21/h1-12,24,32,35H,13-19H2/t24-,27?/m0/s1. The van der Waals surface area contributed by atoms with Crippen LogP contribution in [0.1, 0.15) is 36.3 Å². The van der Waals surface area contributed by atoms with Gasteiger partial charge in [0.2, 0.25) is 0 Å². The van der Waals surface area contributed by atoms with Gasteiger partial charge in [-0.05, 0) is 47.6 Å². The molecule has 2 aliphatic heterocycles. The maximum atomic E-state index is 14.4. The Morgan fingerprint density at radius 3 is 2.29 bits per heavy atom. The zero-order chi connectivity index (χ0) is 24.7. The summed E-state index contributed by atoms with van der Waals surface area (Å²) in [5, 5.41) is 15.4. The van der Waals surface area contributed by atoms with Crippen molar-refractivity contribution >= 4 is 16.7 Å². The maximum Gasteiger partial charge on any atom is 0.430 e. The van der Waals surface area contributed by atoms with Gasteiger partial charge in [0.25, 0.3) is 11.5 Å². The number of carbonyl (C=O) groups excluding carboxylic acids is 1. The molecule has 2 aliphatic rings. The van der Waals surface area contributed by atoms with Gasteiger partial charge in [-0.3, -0.25) is 4.79 Å². The summed E-state index contributed by atoms with van der Waals surface area (Å²) in [7, 11) is 0. The Hall–Kier alpha value is -2.90. The molecule has 0 bridgehead atoms. The van der Waals surface area contributed by atoms with E-state index in [1.807, 2.05) is 18.2 Å². The second kappa shape index (κ2) is 8.95. The van der Waals surface area contributed by atoms with Crippen molar-refractivity contribution in [2.75, 3.05) is 26.2 Å². The topological polar surface area (TPSA) is 52.6 Å². The van der Waals surface area contributed by atoms with E-state index in [-0.39, 0.29) is 29.8 Å². The molecule has 2 atom stereocenters. The number of carbonyl (C=O) groups is 1. The van der Waals surface area contributed by atoms with Crippen LogP contribution >= 0.6 is 0 Å². The number of halogens is 3. The number of alkyl halides is 3. The van der Waals surface area contributed by atoms with E-state index in [0.717, 1.165) is 19.5 Å². The van der Waals surface area contributed by atoms with Crippen molar-refractivity contribution in [3.05, 3.63) is 83.9 Å². The molecule has 2 fully saturated rings. The molecule has 1 spiro atoms. The molecule has 3 aromatic rings. The minimum Gasteiger partial charge on any atom is -0.368 e. The van der Waals surface area contributed by atoms with E-state index in [2.05, 4.69) is 17.4 Å². The largest absolute Gasteiger partial charge is 0.430 e. The number of hydrogen-bond acceptors (Lipinski definition) is 3. The number of likely N-dealkylation sites (tertiary alicyclic amines) is 1. The Kier molecular flexibility index (Phi) is 6.09. The maximum absolute atomic E-state index is 14.4. The highest BCUT2D eigenvalue weighted by Crippen LogP contribution is 2.50. The fourth-order valence-corrected chi connectivity index (χ4v) is 6.04. The summed E-state index contributed by atoms with van der Waals surface area (Å²) in [5.41, 5.74) is -2.90. The number of nitrogens with zero attached hydrogens (tertiary/aromatic N) is 1. The van der Waals surface area contributed by atoms with Crippen molar-refractivity contribution in [1.29, 1.82) is 0 Å². The third-order valence-corrected chi connectivity index (χ3v) is 8.03. The van der Waals surface area contributed by atoms with Gasteiger partial charge in [0, 0.05) is 31.1 Å². The molecule has 0 aromatic heterocycles. The van der Waals surface area contributed by atoms with Crippen LogP contribution in [0.5, 0.6) is 0 Å². The second-order valence-corrected chi connectivity index (χ2v) is 9.81. The first kappa shape index (κ1) is 23.8. The molecule has 3 aromatic carbocycles. The van der Waals surface area contributed by atoms with E-state index in [1.54, 1.807) is 24.3 Å². The van der Waals surface area contributed by atoms with Crippen LogP contribution in [0.4, 0.5) is 13.2 Å². The average Bonchev–Trinajstić information content (AvgIpc) is 2.88. The number of piperidine rings is 2. The van der Waals surface area contributed by atoms with E-state index in [4.69, 9.17) is 0 Å². The quantitative estimate of drug-likeness (QED) is 0.554. The van der Waals surface area contributed by atoms with Crippen LogP contribution in [0.2, 0.25) is 0 Å². The highest BCUT2D eigenvalue weighted by molar-refractivity contribution is 5.95. The molecule has 2 saturated heterocycles. The fourth-order valence-electron chi connectivity index (χ4n) is 6.04. The highest BCUT2D eigenvalue weighted by Gasteiger charge is 2.63. The molecule has 184 valence electrons. The highest BCUT2D eigenvalue weighted by atomic mass is 19.4. The molecule has 1 unspecified atom stereocenters. The third kappa shape index (κ3) is 4.00. The van der Waals surface area contributed by atoms with Crippen molar-refractivity contribution < 1.29 is 23.1 Å². The lowest BCUT2D eigenvalue weighted by Gasteiger charge is -2.50. The molecule has 4 nitrogen and oxygen atoms in total. The lowest BCUT2D eigenvalue weighted by atomic mass is 9.62. The van der Waals surface area contributed by atoms with E-state index < -0.39 is 23.2 Å². The van der Waals surface area contributed by atoms with Gasteiger partial charge in [-0.15, -0.1) is 0 Å². The van der Waals surface area contributed by atoms with Crippen LogP contribution in [0.15, 0.2) is 72.8 Å². The summed E-state index contributed by atoms with van der Waals surface area (Å²) in [6.45, 7) is 2.02. The number of aliphatic hydroxyl groups is 1. The van der Waals surface area contributed by atoms with Crippen molar-refractivity contribution in [1.82, 2.24) is 10.2 Å². The van der Waals surface area contributed by atoms with Gasteiger partial charge < -0.3 is 15.3 Å². The van der Waals surface area contributed by atoms with Gasteiger partial charge >= 0.3 is 6.18 Å². The number of hydrogen-bond donors (Lipinski definition) is 2. The Morgan fingerprint density at radius 1 is 0.914 bits per heavy atom. The molecule has 0 saturated carbocycles. The molecular formula is C28H29F3N2O2. The molecule has 0 aliphatic carbocycles. The summed E-state index contributed by atoms with van der Waals surface area (Å²) >= 11 is 0. The van der Waals surface area contributed by atoms with Crippen LogP contribution < -0.4 is 5.32 Å². The monoisotopic (exact) mass is 482 g/mol. The Morgan fingerprint density at radius 2 is 1.57 bits per heavy atom. The van der Waals surface area contributed by atoms with Gasteiger partial charge in [0.15, 0.2) is 0 Å². The van der Waals surface area contributed by atoms with E-state index in [1.165, 1.54) is 28.7 Å². The van der Waals surface area contributed by atoms with E-state index in [9.17, 15) is 23.1 Å². The molecule has 2 N–H and O–H groups in total. The second-order valence-electron chi connectivity index (χ2n) is 9.81. The smallest absolute Gasteiger partial charge is 0.368 e. The van der Waals surface area contributed by atoms with Crippen LogP contribution in [0.3, 0.4) is 0 Å².